The summed E-state index contributed by atoms with van der Waals surface area (Å²) in [5.41, 5.74) is 0.0454. The number of hydrogen-bond acceptors (Lipinski definition) is 6. The summed E-state index contributed by atoms with van der Waals surface area (Å²) in [6, 6.07) is 5.01. The SMILES string of the molecule is COc1ccc(CCNC(=O)CN2C(=O)NC3(CCOCC3)C2=O)cc1OC. The van der Waals surface area contributed by atoms with E-state index in [1.807, 2.05) is 12.1 Å². The standard InChI is InChI=1S/C19H25N3O6/c1-26-14-4-3-13(11-15(14)27-2)5-8-20-16(23)12-22-17(24)19(21-18(22)25)6-9-28-10-7-19/h3-4,11H,5-10,12H2,1-2H3,(H,20,23)(H,21,25). The van der Waals surface area contributed by atoms with Crippen molar-refractivity contribution in [1.29, 1.82) is 0 Å². The van der Waals surface area contributed by atoms with Gasteiger partial charge in [0.05, 0.1) is 14.2 Å². The molecule has 0 bridgehead atoms. The summed E-state index contributed by atoms with van der Waals surface area (Å²) in [6.45, 7) is 0.908. The molecule has 152 valence electrons. The molecule has 2 fully saturated rings. The van der Waals surface area contributed by atoms with Gasteiger partial charge in [-0.1, -0.05) is 6.07 Å². The Morgan fingerprint density at radius 2 is 1.93 bits per heavy atom. The van der Waals surface area contributed by atoms with Crippen molar-refractivity contribution < 1.29 is 28.6 Å². The van der Waals surface area contributed by atoms with Gasteiger partial charge < -0.3 is 24.8 Å². The Balaban J connectivity index is 1.51. The maximum Gasteiger partial charge on any atom is 0.325 e. The van der Waals surface area contributed by atoms with Crippen molar-refractivity contribution in [3.63, 3.8) is 0 Å². The second kappa shape index (κ2) is 8.47. The summed E-state index contributed by atoms with van der Waals surface area (Å²) in [7, 11) is 3.13. The molecule has 1 aromatic carbocycles. The highest BCUT2D eigenvalue weighted by Gasteiger charge is 2.52. The van der Waals surface area contributed by atoms with Gasteiger partial charge in [-0.2, -0.15) is 0 Å². The number of ether oxygens (including phenoxy) is 3. The van der Waals surface area contributed by atoms with Gasteiger partial charge in [-0.3, -0.25) is 14.5 Å². The fourth-order valence-electron chi connectivity index (χ4n) is 3.46. The first-order chi connectivity index (χ1) is 13.5. The molecule has 9 nitrogen and oxygen atoms in total. The molecular weight excluding hydrogens is 366 g/mol. The zero-order valence-corrected chi connectivity index (χ0v) is 16.1. The largest absolute Gasteiger partial charge is 0.493 e. The summed E-state index contributed by atoms with van der Waals surface area (Å²) >= 11 is 0. The molecule has 9 heteroatoms. The van der Waals surface area contributed by atoms with E-state index < -0.39 is 11.6 Å². The second-order valence-electron chi connectivity index (χ2n) is 6.81. The average molecular weight is 391 g/mol. The van der Waals surface area contributed by atoms with Crippen molar-refractivity contribution >= 4 is 17.8 Å². The van der Waals surface area contributed by atoms with Gasteiger partial charge in [0.15, 0.2) is 11.5 Å². The number of hydrogen-bond donors (Lipinski definition) is 2. The minimum atomic E-state index is -0.921. The second-order valence-corrected chi connectivity index (χ2v) is 6.81. The molecule has 4 amide bonds. The molecule has 2 saturated heterocycles. The fourth-order valence-corrected chi connectivity index (χ4v) is 3.46. The van der Waals surface area contributed by atoms with Crippen molar-refractivity contribution in [2.45, 2.75) is 24.8 Å². The normalized spacial score (nSPS) is 18.1. The third-order valence-electron chi connectivity index (χ3n) is 5.08. The Bertz CT molecular complexity index is 760. The molecule has 28 heavy (non-hydrogen) atoms. The number of methoxy groups -OCH3 is 2. The molecule has 2 N–H and O–H groups in total. The number of rotatable bonds is 7. The van der Waals surface area contributed by atoms with Crippen LogP contribution in [0.4, 0.5) is 4.79 Å². The number of amides is 4. The monoisotopic (exact) mass is 391 g/mol. The van der Waals surface area contributed by atoms with Crippen LogP contribution in [0.1, 0.15) is 18.4 Å². The third-order valence-corrected chi connectivity index (χ3v) is 5.08. The number of nitrogens with one attached hydrogen (secondary N) is 2. The smallest absolute Gasteiger partial charge is 0.325 e. The highest BCUT2D eigenvalue weighted by molar-refractivity contribution is 6.09. The molecule has 1 spiro atoms. The number of urea groups is 1. The van der Waals surface area contributed by atoms with Crippen LogP contribution in [0.3, 0.4) is 0 Å². The molecule has 2 heterocycles. The van der Waals surface area contributed by atoms with Crippen LogP contribution < -0.4 is 20.1 Å². The number of carbonyl (C=O) groups is 3. The van der Waals surface area contributed by atoms with E-state index in [4.69, 9.17) is 14.2 Å². The molecule has 0 aliphatic carbocycles. The predicted molar refractivity (Wildman–Crippen MR) is 99.3 cm³/mol. The van der Waals surface area contributed by atoms with Crippen molar-refractivity contribution in [1.82, 2.24) is 15.5 Å². The van der Waals surface area contributed by atoms with Gasteiger partial charge in [0.25, 0.3) is 5.91 Å². The Morgan fingerprint density at radius 1 is 1.21 bits per heavy atom. The molecular formula is C19H25N3O6. The van der Waals surface area contributed by atoms with Gasteiger partial charge in [0, 0.05) is 32.6 Å². The Hall–Kier alpha value is -2.81. The van der Waals surface area contributed by atoms with E-state index >= 15 is 0 Å². The number of nitrogens with zero attached hydrogens (tertiary/aromatic N) is 1. The summed E-state index contributed by atoms with van der Waals surface area (Å²) in [5.74, 6) is 0.521. The maximum atomic E-state index is 12.6. The molecule has 2 aliphatic rings. The van der Waals surface area contributed by atoms with Crippen LogP contribution in [0.25, 0.3) is 0 Å². The van der Waals surface area contributed by atoms with Crippen molar-refractivity contribution in [2.24, 2.45) is 0 Å². The Morgan fingerprint density at radius 3 is 2.61 bits per heavy atom. The van der Waals surface area contributed by atoms with E-state index in [-0.39, 0.29) is 18.4 Å². The van der Waals surface area contributed by atoms with Crippen LogP contribution >= 0.6 is 0 Å². The molecule has 2 aliphatic heterocycles. The van der Waals surface area contributed by atoms with Gasteiger partial charge >= 0.3 is 6.03 Å². The van der Waals surface area contributed by atoms with Crippen molar-refractivity contribution in [2.75, 3.05) is 40.5 Å². The first kappa shape index (κ1) is 19.9. The molecule has 0 atom stereocenters. The number of benzene rings is 1. The predicted octanol–water partition coefficient (Wildman–Crippen LogP) is 0.464. The molecule has 3 rings (SSSR count). The lowest BCUT2D eigenvalue weighted by atomic mass is 9.90. The highest BCUT2D eigenvalue weighted by atomic mass is 16.5. The summed E-state index contributed by atoms with van der Waals surface area (Å²) in [6.07, 6.45) is 1.43. The van der Waals surface area contributed by atoms with E-state index in [9.17, 15) is 14.4 Å². The molecule has 0 radical (unpaired) electrons. The van der Waals surface area contributed by atoms with Gasteiger partial charge in [-0.15, -0.1) is 0 Å². The van der Waals surface area contributed by atoms with E-state index in [1.54, 1.807) is 20.3 Å². The molecule has 0 saturated carbocycles. The number of imide groups is 1. The van der Waals surface area contributed by atoms with E-state index in [2.05, 4.69) is 10.6 Å². The van der Waals surface area contributed by atoms with Gasteiger partial charge in [-0.05, 0) is 24.1 Å². The van der Waals surface area contributed by atoms with Crippen LogP contribution in [0.15, 0.2) is 18.2 Å². The molecule has 1 aromatic rings. The van der Waals surface area contributed by atoms with Gasteiger partial charge in [0.1, 0.15) is 12.1 Å². The van der Waals surface area contributed by atoms with Crippen LogP contribution in [0.5, 0.6) is 11.5 Å². The summed E-state index contributed by atoms with van der Waals surface area (Å²) in [4.78, 5) is 38.0. The Kier molecular flexibility index (Phi) is 6.03. The first-order valence-electron chi connectivity index (χ1n) is 9.18. The fraction of sp³-hybridized carbons (Fsp3) is 0.526. The summed E-state index contributed by atoms with van der Waals surface area (Å²) in [5, 5.41) is 5.48. The van der Waals surface area contributed by atoms with E-state index in [0.29, 0.717) is 50.5 Å². The molecule has 0 unspecified atom stereocenters. The average Bonchev–Trinajstić information content (AvgIpc) is 2.92. The highest BCUT2D eigenvalue weighted by Crippen LogP contribution is 2.29. The van der Waals surface area contributed by atoms with Crippen LogP contribution in [0.2, 0.25) is 0 Å². The quantitative estimate of drug-likeness (QED) is 0.655. The minimum Gasteiger partial charge on any atom is -0.493 e. The maximum absolute atomic E-state index is 12.6. The number of carbonyl (C=O) groups excluding carboxylic acids is 3. The van der Waals surface area contributed by atoms with Crippen LogP contribution in [0, 0.1) is 0 Å². The van der Waals surface area contributed by atoms with Crippen LogP contribution in [-0.4, -0.2) is 68.8 Å². The Labute approximate surface area is 163 Å². The van der Waals surface area contributed by atoms with Gasteiger partial charge in [0.2, 0.25) is 5.91 Å². The van der Waals surface area contributed by atoms with Gasteiger partial charge in [-0.25, -0.2) is 4.79 Å². The zero-order chi connectivity index (χ0) is 20.1. The van der Waals surface area contributed by atoms with Crippen molar-refractivity contribution in [3.8, 4) is 11.5 Å². The minimum absolute atomic E-state index is 0.292. The van der Waals surface area contributed by atoms with Crippen LogP contribution in [-0.2, 0) is 20.7 Å². The topological polar surface area (TPSA) is 106 Å². The van der Waals surface area contributed by atoms with Crippen molar-refractivity contribution in [3.05, 3.63) is 23.8 Å². The zero-order valence-electron chi connectivity index (χ0n) is 16.1. The summed E-state index contributed by atoms with van der Waals surface area (Å²) < 4.78 is 15.7. The van der Waals surface area contributed by atoms with E-state index in [0.717, 1.165) is 10.5 Å². The lowest BCUT2D eigenvalue weighted by molar-refractivity contribution is -0.137. The third kappa shape index (κ3) is 4.04. The lowest BCUT2D eigenvalue weighted by Crippen LogP contribution is -2.51. The van der Waals surface area contributed by atoms with E-state index in [1.165, 1.54) is 0 Å². The molecule has 0 aromatic heterocycles. The first-order valence-corrected chi connectivity index (χ1v) is 9.18. The lowest BCUT2D eigenvalue weighted by Gasteiger charge is -2.30.